The lowest BCUT2D eigenvalue weighted by Gasteiger charge is -2.24. The molecule has 68 heavy (non-hydrogen) atoms. The van der Waals surface area contributed by atoms with Gasteiger partial charge in [-0.2, -0.15) is 0 Å². The van der Waals surface area contributed by atoms with E-state index in [9.17, 15) is 5.11 Å². The number of hydrogen-bond acceptors (Lipinski definition) is 1. The van der Waals surface area contributed by atoms with Gasteiger partial charge in [-0.05, 0) is 148 Å². The van der Waals surface area contributed by atoms with Crippen molar-refractivity contribution in [2.24, 2.45) is 0 Å². The lowest BCUT2D eigenvalue weighted by atomic mass is 9.87. The van der Waals surface area contributed by atoms with Gasteiger partial charge in [0.25, 0.3) is 0 Å². The molecule has 12 aromatic carbocycles. The Hall–Kier alpha value is -5.54. The van der Waals surface area contributed by atoms with E-state index in [-0.39, 0.29) is 3.18 Å². The first-order valence-electron chi connectivity index (χ1n) is 23.3. The molecule has 0 aromatic heterocycles. The summed E-state index contributed by atoms with van der Waals surface area (Å²) in [6, 6.07) is 66.8. The number of aromatic hydroxyl groups is 1. The molecule has 2 aliphatic heterocycles. The molecule has 0 atom stereocenters. The Balaban J connectivity index is 0.000000131. The Morgan fingerprint density at radius 3 is 1.12 bits per heavy atom. The fourth-order valence-electron chi connectivity index (χ4n) is 12.5. The molecule has 7 heteroatoms. The zero-order valence-corrected chi connectivity index (χ0v) is 45.2. The second kappa shape index (κ2) is 16.3. The van der Waals surface area contributed by atoms with E-state index < -0.39 is 16.1 Å². The molecule has 14 rings (SSSR count). The monoisotopic (exact) mass is 1100 g/mol. The fraction of sp³-hybridized carbons (Fsp3) is 0.0820. The van der Waals surface area contributed by atoms with Crippen LogP contribution in [0.25, 0.3) is 108 Å². The number of halogens is 3. The minimum absolute atomic E-state index is 0.271. The van der Waals surface area contributed by atoms with Crippen LogP contribution in [0.2, 0.25) is 26.2 Å². The number of benzene rings is 12. The predicted molar refractivity (Wildman–Crippen MR) is 316 cm³/mol. The summed E-state index contributed by atoms with van der Waals surface area (Å²) in [6.45, 7) is 12.3. The van der Waals surface area contributed by atoms with Gasteiger partial charge in [0.1, 0.15) is 21.9 Å². The number of rotatable bonds is 0. The van der Waals surface area contributed by atoms with Crippen molar-refractivity contribution in [3.05, 3.63) is 188 Å². The standard InChI is InChI=1S/C31H24Si.C30H22OSi.BBr3/c1-19-16-17-24-26(18-19)20-10-4-5-11-21(20)30-28(24)22-12-6-7-13-23(22)29-25-14-8-9-15-27(25)32(2,3)31(29)30;1-32(2)26-14-8-7-13-24(26)28-22-12-6-5-11-21(22)27-23-16-15-18(31)17-25(23)19-9-3-4-10-20(19)29(27)30(28)32;2-1(3)4/h4-18H,1-3H3;3-17,31H,1-2H3;. The maximum Gasteiger partial charge on any atom is 0.369 e. The fourth-order valence-corrected chi connectivity index (χ4v) is 19.4. The van der Waals surface area contributed by atoms with Crippen LogP contribution in [0, 0.1) is 6.92 Å². The van der Waals surface area contributed by atoms with Crippen LogP contribution in [-0.4, -0.2) is 24.4 Å². The van der Waals surface area contributed by atoms with Crippen LogP contribution in [0.4, 0.5) is 0 Å². The van der Waals surface area contributed by atoms with Crippen LogP contribution in [0.15, 0.2) is 182 Å². The van der Waals surface area contributed by atoms with Crippen LogP contribution in [-0.2, 0) is 0 Å². The summed E-state index contributed by atoms with van der Waals surface area (Å²) >= 11 is 9.31. The highest BCUT2D eigenvalue weighted by atomic mass is 79.9. The third-order valence-corrected chi connectivity index (χ3v) is 22.2. The highest BCUT2D eigenvalue weighted by Crippen LogP contribution is 2.47. The van der Waals surface area contributed by atoms with Crippen LogP contribution in [0.3, 0.4) is 0 Å². The number of phenols is 1. The van der Waals surface area contributed by atoms with Crippen molar-refractivity contribution in [2.75, 3.05) is 0 Å². The number of fused-ring (bicyclic) bond motifs is 26. The third-order valence-electron chi connectivity index (χ3n) is 15.1. The summed E-state index contributed by atoms with van der Waals surface area (Å²) in [5.41, 5.74) is 7.09. The van der Waals surface area contributed by atoms with E-state index in [4.69, 9.17) is 0 Å². The highest BCUT2D eigenvalue weighted by Gasteiger charge is 2.42. The number of aryl methyl sites for hydroxylation is 1. The Kier molecular flexibility index (Phi) is 10.5. The average Bonchev–Trinajstić information content (AvgIpc) is 3.74. The maximum absolute atomic E-state index is 10.3. The van der Waals surface area contributed by atoms with Gasteiger partial charge in [0.05, 0.1) is 0 Å². The summed E-state index contributed by atoms with van der Waals surface area (Å²) in [5.74, 6) is 0.314. The average molecular weight is 1100 g/mol. The Morgan fingerprint density at radius 2 is 0.676 bits per heavy atom. The zero-order chi connectivity index (χ0) is 46.8. The van der Waals surface area contributed by atoms with Crippen molar-refractivity contribution in [1.29, 1.82) is 0 Å². The topological polar surface area (TPSA) is 20.2 Å². The number of hydrogen-bond donors (Lipinski definition) is 1. The summed E-state index contributed by atoms with van der Waals surface area (Å²) in [4.78, 5) is 0. The summed E-state index contributed by atoms with van der Waals surface area (Å²) in [7, 11) is -3.81. The first-order chi connectivity index (χ1) is 32.9. The Morgan fingerprint density at radius 1 is 0.353 bits per heavy atom. The van der Waals surface area contributed by atoms with E-state index in [1.807, 2.05) is 12.1 Å². The van der Waals surface area contributed by atoms with E-state index >= 15 is 0 Å². The normalized spacial score (nSPS) is 13.9. The molecule has 1 N–H and O–H groups in total. The van der Waals surface area contributed by atoms with Gasteiger partial charge < -0.3 is 5.11 Å². The van der Waals surface area contributed by atoms with Gasteiger partial charge in [0, 0.05) is 0 Å². The molecule has 2 aliphatic rings. The second-order valence-corrected chi connectivity index (χ2v) is 34.6. The molecule has 0 bridgehead atoms. The number of phenolic OH excluding ortho intramolecular Hbond substituents is 1. The van der Waals surface area contributed by atoms with E-state index in [1.54, 1.807) is 15.6 Å². The molecule has 0 saturated carbocycles. The minimum atomic E-state index is -1.93. The predicted octanol–water partition coefficient (Wildman–Crippen LogP) is 16.4. The molecule has 12 aromatic rings. The maximum atomic E-state index is 10.3. The highest BCUT2D eigenvalue weighted by molar-refractivity contribution is 9.69. The van der Waals surface area contributed by atoms with Crippen molar-refractivity contribution in [2.45, 2.75) is 33.1 Å². The van der Waals surface area contributed by atoms with Gasteiger partial charge in [0.15, 0.2) is 0 Å². The molecule has 0 radical (unpaired) electrons. The minimum Gasteiger partial charge on any atom is -0.508 e. The van der Waals surface area contributed by atoms with Gasteiger partial charge in [-0.25, -0.2) is 0 Å². The lowest BCUT2D eigenvalue weighted by molar-refractivity contribution is 0.476. The lowest BCUT2D eigenvalue weighted by Crippen LogP contribution is -2.49. The summed E-state index contributed by atoms with van der Waals surface area (Å²) in [5, 5.41) is 38.0. The van der Waals surface area contributed by atoms with Crippen LogP contribution in [0.5, 0.6) is 5.75 Å². The molecule has 0 spiro atoms. The molecule has 0 amide bonds. The van der Waals surface area contributed by atoms with E-state index in [2.05, 4.69) is 250 Å². The quantitative estimate of drug-likeness (QED) is 0.119. The van der Waals surface area contributed by atoms with Crippen molar-refractivity contribution >= 4 is 174 Å². The molecule has 0 aliphatic carbocycles. The molecule has 0 fully saturated rings. The van der Waals surface area contributed by atoms with Crippen LogP contribution < -0.4 is 20.7 Å². The molecule has 328 valence electrons. The van der Waals surface area contributed by atoms with Crippen molar-refractivity contribution < 1.29 is 5.11 Å². The molecular weight excluding hydrogens is 1060 g/mol. The van der Waals surface area contributed by atoms with Gasteiger partial charge in [0.2, 0.25) is 0 Å². The van der Waals surface area contributed by atoms with E-state index in [0.29, 0.717) is 5.75 Å². The molecule has 2 heterocycles. The summed E-state index contributed by atoms with van der Waals surface area (Å²) in [6.07, 6.45) is 0. The SMILES string of the molecule is BrB(Br)Br.C[Si]1(C)c2ccccc2-c2c1c1c3ccccc3c3cc(O)ccc3c1c1ccccc21.Cc1ccc2c(c1)c1ccccc1c1c3c(c4ccccc4c21)-c1ccccc1[Si]3(C)C. The smallest absolute Gasteiger partial charge is 0.369 e. The van der Waals surface area contributed by atoms with Crippen molar-refractivity contribution in [1.82, 2.24) is 0 Å². The zero-order valence-electron chi connectivity index (χ0n) is 38.5. The second-order valence-electron chi connectivity index (χ2n) is 19.5. The Bertz CT molecular complexity index is 3860. The largest absolute Gasteiger partial charge is 0.508 e. The summed E-state index contributed by atoms with van der Waals surface area (Å²) < 4.78 is 0.271. The Labute approximate surface area is 423 Å². The molecule has 1 nitrogen and oxygen atoms in total. The van der Waals surface area contributed by atoms with Crippen LogP contribution in [0.1, 0.15) is 5.56 Å². The third kappa shape index (κ3) is 6.42. The molecule has 0 saturated heterocycles. The van der Waals surface area contributed by atoms with Crippen molar-refractivity contribution in [3.8, 4) is 28.0 Å². The van der Waals surface area contributed by atoms with Gasteiger partial charge in [-0.15, -0.1) is 47.3 Å². The first kappa shape index (κ1) is 43.7. The molecule has 0 unspecified atom stereocenters. The van der Waals surface area contributed by atoms with Crippen molar-refractivity contribution in [3.63, 3.8) is 0 Å². The van der Waals surface area contributed by atoms with Gasteiger partial charge in [-0.3, -0.25) is 0 Å². The van der Waals surface area contributed by atoms with Gasteiger partial charge >= 0.3 is 3.18 Å². The first-order valence-corrected chi connectivity index (χ1v) is 32.1. The van der Waals surface area contributed by atoms with Gasteiger partial charge in [-0.1, -0.05) is 202 Å². The van der Waals surface area contributed by atoms with Crippen LogP contribution >= 0.6 is 47.3 Å². The van der Waals surface area contributed by atoms with E-state index in [1.165, 1.54) is 114 Å². The van der Waals surface area contributed by atoms with E-state index in [0.717, 1.165) is 5.39 Å². The molecular formula is C61H46BBr3OSi2.